The topological polar surface area (TPSA) is 39.7 Å². The summed E-state index contributed by atoms with van der Waals surface area (Å²) in [5.74, 6) is 0.839. The van der Waals surface area contributed by atoms with E-state index in [-0.39, 0.29) is 24.0 Å². The quantitative estimate of drug-likeness (QED) is 0.385. The van der Waals surface area contributed by atoms with Crippen molar-refractivity contribution in [1.29, 1.82) is 0 Å². The van der Waals surface area contributed by atoms with Gasteiger partial charge in [0.15, 0.2) is 5.96 Å². The highest BCUT2D eigenvalue weighted by molar-refractivity contribution is 14.0. The number of hydrogen-bond acceptors (Lipinski definition) is 2. The van der Waals surface area contributed by atoms with Gasteiger partial charge in [-0.3, -0.25) is 4.99 Å². The van der Waals surface area contributed by atoms with E-state index in [1.807, 2.05) is 13.1 Å². The predicted octanol–water partition coefficient (Wildman–Crippen LogP) is 3.27. The molecule has 0 atom stereocenters. The standard InChI is InChI=1S/C20H28N4.HI/c1-21-20(22-14-13-17-9-5-4-6-10-17)23-15-18-11-7-8-12-19(18)16-24(2)3;/h4-12H,13-16H2,1-3H3,(H2,21,22,23);1H. The van der Waals surface area contributed by atoms with Gasteiger partial charge in [0.05, 0.1) is 0 Å². The predicted molar refractivity (Wildman–Crippen MR) is 118 cm³/mol. The third kappa shape index (κ3) is 7.88. The van der Waals surface area contributed by atoms with Crippen LogP contribution in [-0.2, 0) is 19.5 Å². The van der Waals surface area contributed by atoms with Crippen LogP contribution in [0.1, 0.15) is 16.7 Å². The van der Waals surface area contributed by atoms with Crippen LogP contribution in [-0.4, -0.2) is 38.5 Å². The van der Waals surface area contributed by atoms with Crippen LogP contribution in [0.25, 0.3) is 0 Å². The van der Waals surface area contributed by atoms with E-state index in [0.29, 0.717) is 0 Å². The second kappa shape index (κ2) is 11.9. The molecule has 5 heteroatoms. The largest absolute Gasteiger partial charge is 0.356 e. The van der Waals surface area contributed by atoms with E-state index in [1.54, 1.807) is 0 Å². The third-order valence-corrected chi connectivity index (χ3v) is 3.82. The lowest BCUT2D eigenvalue weighted by atomic mass is 10.1. The number of hydrogen-bond donors (Lipinski definition) is 2. The monoisotopic (exact) mass is 452 g/mol. The molecular weight excluding hydrogens is 423 g/mol. The van der Waals surface area contributed by atoms with Crippen LogP contribution < -0.4 is 10.6 Å². The van der Waals surface area contributed by atoms with E-state index in [2.05, 4.69) is 83.2 Å². The minimum absolute atomic E-state index is 0. The van der Waals surface area contributed by atoms with Gasteiger partial charge in [0.2, 0.25) is 0 Å². The van der Waals surface area contributed by atoms with E-state index in [9.17, 15) is 0 Å². The summed E-state index contributed by atoms with van der Waals surface area (Å²) in [6, 6.07) is 19.0. The second-order valence-electron chi connectivity index (χ2n) is 6.09. The van der Waals surface area contributed by atoms with E-state index in [4.69, 9.17) is 0 Å². The second-order valence-corrected chi connectivity index (χ2v) is 6.09. The Morgan fingerprint density at radius 3 is 2.20 bits per heavy atom. The van der Waals surface area contributed by atoms with E-state index in [0.717, 1.165) is 32.0 Å². The zero-order valence-electron chi connectivity index (χ0n) is 15.3. The van der Waals surface area contributed by atoms with E-state index in [1.165, 1.54) is 16.7 Å². The molecule has 0 aliphatic rings. The number of nitrogens with zero attached hydrogens (tertiary/aromatic N) is 2. The number of aliphatic imine (C=N–C) groups is 1. The van der Waals surface area contributed by atoms with Gasteiger partial charge in [0.1, 0.15) is 0 Å². The fraction of sp³-hybridized carbons (Fsp3) is 0.350. The van der Waals surface area contributed by atoms with Crippen molar-refractivity contribution in [3.05, 3.63) is 71.3 Å². The molecule has 0 aromatic heterocycles. The minimum atomic E-state index is 0. The Morgan fingerprint density at radius 1 is 0.920 bits per heavy atom. The summed E-state index contributed by atoms with van der Waals surface area (Å²) in [5, 5.41) is 6.78. The van der Waals surface area contributed by atoms with E-state index < -0.39 is 0 Å². The maximum atomic E-state index is 4.31. The molecule has 2 aromatic rings. The lowest BCUT2D eigenvalue weighted by Crippen LogP contribution is -2.38. The highest BCUT2D eigenvalue weighted by Gasteiger charge is 2.04. The maximum Gasteiger partial charge on any atom is 0.191 e. The molecule has 0 radical (unpaired) electrons. The summed E-state index contributed by atoms with van der Waals surface area (Å²) in [6.45, 7) is 2.58. The van der Waals surface area contributed by atoms with Crippen LogP contribution in [0.15, 0.2) is 59.6 Å². The van der Waals surface area contributed by atoms with Gasteiger partial charge in [0, 0.05) is 26.7 Å². The van der Waals surface area contributed by atoms with Gasteiger partial charge in [-0.05, 0) is 37.2 Å². The molecule has 2 rings (SSSR count). The lowest BCUT2D eigenvalue weighted by molar-refractivity contribution is 0.400. The Bertz CT molecular complexity index is 641. The zero-order valence-corrected chi connectivity index (χ0v) is 17.7. The average molecular weight is 452 g/mol. The van der Waals surface area contributed by atoms with Gasteiger partial charge in [-0.1, -0.05) is 54.6 Å². The summed E-state index contributed by atoms with van der Waals surface area (Å²) < 4.78 is 0. The molecule has 0 unspecified atom stereocenters. The van der Waals surface area contributed by atoms with Crippen molar-refractivity contribution in [2.45, 2.75) is 19.5 Å². The molecule has 0 spiro atoms. The first-order valence-electron chi connectivity index (χ1n) is 8.39. The van der Waals surface area contributed by atoms with Crippen LogP contribution in [0.3, 0.4) is 0 Å². The lowest BCUT2D eigenvalue weighted by Gasteiger charge is -2.16. The molecule has 25 heavy (non-hydrogen) atoms. The summed E-state index contributed by atoms with van der Waals surface area (Å²) in [4.78, 5) is 6.50. The molecule has 2 N–H and O–H groups in total. The first-order valence-corrected chi connectivity index (χ1v) is 8.39. The van der Waals surface area contributed by atoms with Gasteiger partial charge in [0.25, 0.3) is 0 Å². The van der Waals surface area contributed by atoms with Crippen LogP contribution in [0.2, 0.25) is 0 Å². The van der Waals surface area contributed by atoms with Crippen molar-refractivity contribution in [2.24, 2.45) is 4.99 Å². The van der Waals surface area contributed by atoms with Crippen LogP contribution in [0, 0.1) is 0 Å². The molecule has 0 heterocycles. The summed E-state index contributed by atoms with van der Waals surface area (Å²) >= 11 is 0. The smallest absolute Gasteiger partial charge is 0.191 e. The molecule has 0 aliphatic heterocycles. The highest BCUT2D eigenvalue weighted by atomic mass is 127. The Labute approximate surface area is 168 Å². The minimum Gasteiger partial charge on any atom is -0.356 e. The van der Waals surface area contributed by atoms with Crippen LogP contribution >= 0.6 is 24.0 Å². The van der Waals surface area contributed by atoms with Crippen LogP contribution in [0.5, 0.6) is 0 Å². The molecule has 0 amide bonds. The first kappa shape index (κ1) is 21.4. The van der Waals surface area contributed by atoms with Crippen molar-refractivity contribution >= 4 is 29.9 Å². The van der Waals surface area contributed by atoms with Gasteiger partial charge in [-0.2, -0.15) is 0 Å². The molecule has 0 fully saturated rings. The Morgan fingerprint density at radius 2 is 1.56 bits per heavy atom. The van der Waals surface area contributed by atoms with Gasteiger partial charge >= 0.3 is 0 Å². The third-order valence-electron chi connectivity index (χ3n) is 3.82. The van der Waals surface area contributed by atoms with Gasteiger partial charge in [-0.25, -0.2) is 0 Å². The van der Waals surface area contributed by atoms with Crippen molar-refractivity contribution in [1.82, 2.24) is 15.5 Å². The molecule has 0 saturated carbocycles. The van der Waals surface area contributed by atoms with Crippen molar-refractivity contribution < 1.29 is 0 Å². The van der Waals surface area contributed by atoms with Crippen molar-refractivity contribution in [3.8, 4) is 0 Å². The molecule has 4 nitrogen and oxygen atoms in total. The van der Waals surface area contributed by atoms with Crippen molar-refractivity contribution in [3.63, 3.8) is 0 Å². The van der Waals surface area contributed by atoms with E-state index >= 15 is 0 Å². The van der Waals surface area contributed by atoms with Crippen LogP contribution in [0.4, 0.5) is 0 Å². The number of halogens is 1. The first-order chi connectivity index (χ1) is 11.7. The number of nitrogens with one attached hydrogen (secondary N) is 2. The molecule has 136 valence electrons. The Balaban J connectivity index is 0.00000312. The summed E-state index contributed by atoms with van der Waals surface area (Å²) in [5.41, 5.74) is 3.98. The average Bonchev–Trinajstić information content (AvgIpc) is 2.59. The highest BCUT2D eigenvalue weighted by Crippen LogP contribution is 2.10. The Hall–Kier alpha value is -1.60. The maximum absolute atomic E-state index is 4.31. The molecule has 0 saturated heterocycles. The van der Waals surface area contributed by atoms with Crippen molar-refractivity contribution in [2.75, 3.05) is 27.7 Å². The zero-order chi connectivity index (χ0) is 17.2. The number of guanidine groups is 1. The molecule has 0 bridgehead atoms. The van der Waals surface area contributed by atoms with Gasteiger partial charge < -0.3 is 15.5 Å². The SMILES string of the molecule is CN=C(NCCc1ccccc1)NCc1ccccc1CN(C)C.I. The molecular formula is C20H29IN4. The molecule has 0 aliphatic carbocycles. The summed E-state index contributed by atoms with van der Waals surface area (Å²) in [6.07, 6.45) is 0.985. The fourth-order valence-electron chi connectivity index (χ4n) is 2.59. The van der Waals surface area contributed by atoms with Gasteiger partial charge in [-0.15, -0.1) is 24.0 Å². The summed E-state index contributed by atoms with van der Waals surface area (Å²) in [7, 11) is 5.99. The number of rotatable bonds is 7. The Kier molecular flexibility index (Phi) is 10.2. The molecule has 2 aromatic carbocycles. The normalized spacial score (nSPS) is 11.1. The fourth-order valence-corrected chi connectivity index (χ4v) is 2.59. The number of benzene rings is 2.